The molecule has 6 heteroatoms. The van der Waals surface area contributed by atoms with Gasteiger partial charge in [0.2, 0.25) is 0 Å². The number of hydrogen-bond acceptors (Lipinski definition) is 4. The van der Waals surface area contributed by atoms with Gasteiger partial charge in [0.15, 0.2) is 0 Å². The molecule has 0 aliphatic carbocycles. The zero-order valence-corrected chi connectivity index (χ0v) is 18.2. The summed E-state index contributed by atoms with van der Waals surface area (Å²) >= 11 is 1.39. The molecule has 0 saturated carbocycles. The van der Waals surface area contributed by atoms with Crippen molar-refractivity contribution in [3.8, 4) is 5.75 Å². The number of benzene rings is 2. The molecule has 2 aromatic heterocycles. The summed E-state index contributed by atoms with van der Waals surface area (Å²) < 4.78 is 8.13. The van der Waals surface area contributed by atoms with Crippen molar-refractivity contribution < 1.29 is 9.53 Å². The molecular formula is C24H24N2O3S. The minimum absolute atomic E-state index is 0.0504. The van der Waals surface area contributed by atoms with Gasteiger partial charge in [0, 0.05) is 28.9 Å². The number of carbonyl (C=O) groups is 1. The lowest BCUT2D eigenvalue weighted by Crippen LogP contribution is -2.29. The number of amides is 1. The van der Waals surface area contributed by atoms with Crippen LogP contribution < -0.4 is 15.2 Å². The Morgan fingerprint density at radius 1 is 1.03 bits per heavy atom. The molecule has 0 bridgehead atoms. The largest absolute Gasteiger partial charge is 0.494 e. The van der Waals surface area contributed by atoms with Crippen LogP contribution in [-0.4, -0.2) is 23.6 Å². The van der Waals surface area contributed by atoms with Crippen LogP contribution in [0.2, 0.25) is 0 Å². The molecule has 0 saturated heterocycles. The Kier molecular flexibility index (Phi) is 5.59. The molecule has 2 aromatic carbocycles. The third-order valence-electron chi connectivity index (χ3n) is 5.19. The van der Waals surface area contributed by atoms with Crippen LogP contribution >= 0.6 is 11.3 Å². The fraction of sp³-hybridized carbons (Fsp3) is 0.250. The van der Waals surface area contributed by atoms with Crippen LogP contribution in [0, 0.1) is 0 Å². The normalized spacial score (nSPS) is 11.2. The van der Waals surface area contributed by atoms with Crippen LogP contribution in [0.25, 0.3) is 21.0 Å². The average molecular weight is 421 g/mol. The molecule has 5 nitrogen and oxygen atoms in total. The molecule has 0 radical (unpaired) electrons. The Labute approximate surface area is 179 Å². The topological polar surface area (TPSA) is 51.5 Å². The maximum Gasteiger partial charge on any atom is 0.268 e. The number of anilines is 1. The van der Waals surface area contributed by atoms with Crippen LogP contribution in [-0.2, 0) is 6.54 Å². The van der Waals surface area contributed by atoms with Gasteiger partial charge in [0.25, 0.3) is 11.5 Å². The van der Waals surface area contributed by atoms with Gasteiger partial charge in [-0.25, -0.2) is 0 Å². The molecule has 2 heterocycles. The van der Waals surface area contributed by atoms with Crippen LogP contribution in [0.1, 0.15) is 30.4 Å². The summed E-state index contributed by atoms with van der Waals surface area (Å²) in [4.78, 5) is 28.7. The van der Waals surface area contributed by atoms with Gasteiger partial charge in [-0.05, 0) is 57.2 Å². The summed E-state index contributed by atoms with van der Waals surface area (Å²) in [5, 5.41) is 1.61. The van der Waals surface area contributed by atoms with E-state index in [4.69, 9.17) is 4.74 Å². The number of pyridine rings is 1. The van der Waals surface area contributed by atoms with Gasteiger partial charge in [0.05, 0.1) is 22.4 Å². The van der Waals surface area contributed by atoms with Gasteiger partial charge >= 0.3 is 0 Å². The monoisotopic (exact) mass is 420 g/mol. The smallest absolute Gasteiger partial charge is 0.268 e. The van der Waals surface area contributed by atoms with E-state index in [-0.39, 0.29) is 11.5 Å². The maximum atomic E-state index is 13.4. The molecule has 30 heavy (non-hydrogen) atoms. The van der Waals surface area contributed by atoms with Crippen LogP contribution in [0.3, 0.4) is 0 Å². The molecule has 0 atom stereocenters. The zero-order chi connectivity index (χ0) is 21.3. The number of aryl methyl sites for hydroxylation is 1. The Morgan fingerprint density at radius 2 is 1.77 bits per heavy atom. The van der Waals surface area contributed by atoms with E-state index in [1.165, 1.54) is 11.3 Å². The second-order valence-corrected chi connectivity index (χ2v) is 7.95. The molecule has 0 unspecified atom stereocenters. The number of para-hydroxylation sites is 1. The van der Waals surface area contributed by atoms with Crippen molar-refractivity contribution in [3.05, 3.63) is 69.8 Å². The summed E-state index contributed by atoms with van der Waals surface area (Å²) in [6.07, 6.45) is 0. The lowest BCUT2D eigenvalue weighted by molar-refractivity contribution is 0.0992. The van der Waals surface area contributed by atoms with E-state index < -0.39 is 0 Å². The van der Waals surface area contributed by atoms with E-state index in [2.05, 4.69) is 0 Å². The van der Waals surface area contributed by atoms with Gasteiger partial charge < -0.3 is 14.2 Å². The first kappa shape index (κ1) is 20.2. The molecule has 0 spiro atoms. The Bertz CT molecular complexity index is 1270. The zero-order valence-electron chi connectivity index (χ0n) is 17.3. The first-order valence-corrected chi connectivity index (χ1v) is 11.0. The third kappa shape index (κ3) is 3.37. The fourth-order valence-corrected chi connectivity index (χ4v) is 4.92. The van der Waals surface area contributed by atoms with E-state index in [1.54, 1.807) is 15.5 Å². The van der Waals surface area contributed by atoms with Crippen LogP contribution in [0.4, 0.5) is 5.69 Å². The molecule has 0 N–H and O–H groups in total. The molecule has 1 amide bonds. The summed E-state index contributed by atoms with van der Waals surface area (Å²) in [5.41, 5.74) is 1.65. The highest BCUT2D eigenvalue weighted by molar-refractivity contribution is 7.21. The van der Waals surface area contributed by atoms with E-state index in [1.807, 2.05) is 69.3 Å². The Morgan fingerprint density at radius 3 is 2.43 bits per heavy atom. The van der Waals surface area contributed by atoms with Crippen molar-refractivity contribution in [3.63, 3.8) is 0 Å². The van der Waals surface area contributed by atoms with Crippen molar-refractivity contribution in [1.82, 2.24) is 4.57 Å². The minimum atomic E-state index is -0.102. The second-order valence-electron chi connectivity index (χ2n) is 6.90. The molecule has 0 fully saturated rings. The fourth-order valence-electron chi connectivity index (χ4n) is 3.79. The Hall–Kier alpha value is -3.12. The van der Waals surface area contributed by atoms with Crippen molar-refractivity contribution in [2.75, 3.05) is 18.1 Å². The number of hydrogen-bond donors (Lipinski definition) is 0. The summed E-state index contributed by atoms with van der Waals surface area (Å²) in [7, 11) is 0. The summed E-state index contributed by atoms with van der Waals surface area (Å²) in [6, 6.07) is 17.1. The van der Waals surface area contributed by atoms with Crippen LogP contribution in [0.15, 0.2) is 59.4 Å². The lowest BCUT2D eigenvalue weighted by Gasteiger charge is -2.20. The molecule has 4 rings (SSSR count). The molecule has 0 aliphatic rings. The van der Waals surface area contributed by atoms with Crippen molar-refractivity contribution >= 4 is 43.9 Å². The number of nitrogens with zero attached hydrogens (tertiary/aromatic N) is 2. The predicted octanol–water partition coefficient (Wildman–Crippen LogP) is 5.30. The average Bonchev–Trinajstić information content (AvgIpc) is 3.22. The lowest BCUT2D eigenvalue weighted by atomic mass is 10.1. The SMILES string of the molecule is CCOc1ccc(N(CC)C(=O)c2cc3c(=O)n(CC)c4ccccc4c3s2)cc1. The number of rotatable bonds is 6. The molecule has 0 aliphatic heterocycles. The number of ether oxygens (including phenoxy) is 1. The van der Waals surface area contributed by atoms with E-state index in [0.717, 1.165) is 27.0 Å². The third-order valence-corrected chi connectivity index (χ3v) is 6.35. The highest BCUT2D eigenvalue weighted by atomic mass is 32.1. The number of thiophene rings is 1. The molecule has 154 valence electrons. The number of carbonyl (C=O) groups excluding carboxylic acids is 1. The molecule has 4 aromatic rings. The molecular weight excluding hydrogens is 396 g/mol. The quantitative estimate of drug-likeness (QED) is 0.425. The Balaban J connectivity index is 1.80. The van der Waals surface area contributed by atoms with E-state index in [9.17, 15) is 9.59 Å². The van der Waals surface area contributed by atoms with Gasteiger partial charge in [-0.1, -0.05) is 18.2 Å². The van der Waals surface area contributed by atoms with Gasteiger partial charge in [-0.3, -0.25) is 9.59 Å². The van der Waals surface area contributed by atoms with E-state index in [0.29, 0.717) is 30.0 Å². The number of fused-ring (bicyclic) bond motifs is 3. The highest BCUT2D eigenvalue weighted by Gasteiger charge is 2.21. The van der Waals surface area contributed by atoms with Gasteiger partial charge in [-0.2, -0.15) is 0 Å². The standard InChI is InChI=1S/C24H24N2O3S/c1-4-25(16-11-13-17(14-12-16)29-6-3)24(28)21-15-19-22(30-21)18-9-7-8-10-20(18)26(5-2)23(19)27/h7-15H,4-6H2,1-3H3. The van der Waals surface area contributed by atoms with Crippen LogP contribution in [0.5, 0.6) is 5.75 Å². The maximum absolute atomic E-state index is 13.4. The summed E-state index contributed by atoms with van der Waals surface area (Å²) in [6.45, 7) is 7.56. The summed E-state index contributed by atoms with van der Waals surface area (Å²) in [5.74, 6) is 0.674. The van der Waals surface area contributed by atoms with Crippen molar-refractivity contribution in [1.29, 1.82) is 0 Å². The van der Waals surface area contributed by atoms with Gasteiger partial charge in [0.1, 0.15) is 5.75 Å². The van der Waals surface area contributed by atoms with Gasteiger partial charge in [-0.15, -0.1) is 11.3 Å². The first-order valence-electron chi connectivity index (χ1n) is 10.2. The van der Waals surface area contributed by atoms with Crippen molar-refractivity contribution in [2.24, 2.45) is 0 Å². The first-order chi connectivity index (χ1) is 14.6. The second kappa shape index (κ2) is 8.32. The predicted molar refractivity (Wildman–Crippen MR) is 124 cm³/mol. The number of aromatic nitrogens is 1. The minimum Gasteiger partial charge on any atom is -0.494 e. The van der Waals surface area contributed by atoms with Crippen molar-refractivity contribution in [2.45, 2.75) is 27.3 Å². The van der Waals surface area contributed by atoms with E-state index >= 15 is 0 Å². The highest BCUT2D eigenvalue weighted by Crippen LogP contribution is 2.32.